The third kappa shape index (κ3) is 3.43. The zero-order chi connectivity index (χ0) is 23.2. The van der Waals surface area contributed by atoms with Crippen LogP contribution in [0.5, 0.6) is 0 Å². The molecule has 166 valence electrons. The van der Waals surface area contributed by atoms with Crippen molar-refractivity contribution >= 4 is 38.7 Å². The van der Waals surface area contributed by atoms with Gasteiger partial charge in [0.05, 0.1) is 22.9 Å². The van der Waals surface area contributed by atoms with E-state index in [1.54, 1.807) is 11.3 Å². The maximum Gasteiger partial charge on any atom is 0.116 e. The first-order valence-electron chi connectivity index (χ1n) is 11.3. The van der Waals surface area contributed by atoms with E-state index in [0.717, 1.165) is 61.9 Å². The van der Waals surface area contributed by atoms with Gasteiger partial charge in [-0.2, -0.15) is 5.10 Å². The molecule has 0 aliphatic rings. The SMILES string of the molecule is C=C(C)c1ccc(-c2cncc3[nH]c(-c4n[nH]c5ccc(-c6cncc(CC)c6)cc45)cc23)s1. The molecule has 34 heavy (non-hydrogen) atoms. The summed E-state index contributed by atoms with van der Waals surface area (Å²) in [4.78, 5) is 14.8. The summed E-state index contributed by atoms with van der Waals surface area (Å²) in [6, 6.07) is 15.0. The Morgan fingerprint density at radius 1 is 0.912 bits per heavy atom. The number of nitrogens with one attached hydrogen (secondary N) is 2. The lowest BCUT2D eigenvalue weighted by Gasteiger charge is -2.04. The normalized spacial score (nSPS) is 11.5. The van der Waals surface area contributed by atoms with Gasteiger partial charge < -0.3 is 4.98 Å². The first-order valence-corrected chi connectivity index (χ1v) is 12.1. The zero-order valence-corrected chi connectivity index (χ0v) is 19.8. The van der Waals surface area contributed by atoms with Crippen molar-refractivity contribution < 1.29 is 0 Å². The van der Waals surface area contributed by atoms with Crippen LogP contribution >= 0.6 is 11.3 Å². The molecule has 6 heteroatoms. The van der Waals surface area contributed by atoms with Crippen LogP contribution in [0.25, 0.3) is 60.3 Å². The molecule has 5 aromatic heterocycles. The molecule has 0 fully saturated rings. The fraction of sp³-hybridized carbons (Fsp3) is 0.107. The summed E-state index contributed by atoms with van der Waals surface area (Å²) in [6.45, 7) is 8.25. The first kappa shape index (κ1) is 20.6. The number of aromatic amines is 2. The molecule has 5 nitrogen and oxygen atoms in total. The number of aryl methyl sites for hydroxylation is 1. The van der Waals surface area contributed by atoms with Crippen molar-refractivity contribution in [1.82, 2.24) is 25.1 Å². The fourth-order valence-electron chi connectivity index (χ4n) is 4.32. The van der Waals surface area contributed by atoms with Crippen molar-refractivity contribution in [2.45, 2.75) is 20.3 Å². The lowest BCUT2D eigenvalue weighted by Crippen LogP contribution is -1.86. The average Bonchev–Trinajstić information content (AvgIpc) is 3.61. The first-order chi connectivity index (χ1) is 16.6. The van der Waals surface area contributed by atoms with Gasteiger partial charge in [-0.15, -0.1) is 11.3 Å². The Hall–Kier alpha value is -4.03. The van der Waals surface area contributed by atoms with Crippen molar-refractivity contribution in [3.63, 3.8) is 0 Å². The summed E-state index contributed by atoms with van der Waals surface area (Å²) in [5.41, 5.74) is 9.50. The van der Waals surface area contributed by atoms with Gasteiger partial charge in [0.1, 0.15) is 5.69 Å². The molecule has 6 rings (SSSR count). The number of fused-ring (bicyclic) bond motifs is 2. The Labute approximate surface area is 201 Å². The third-order valence-electron chi connectivity index (χ3n) is 6.19. The largest absolute Gasteiger partial charge is 0.352 e. The molecule has 0 radical (unpaired) electrons. The summed E-state index contributed by atoms with van der Waals surface area (Å²) in [6.07, 6.45) is 8.61. The Bertz CT molecular complexity index is 1680. The van der Waals surface area contributed by atoms with Crippen LogP contribution in [0.3, 0.4) is 0 Å². The number of aromatic nitrogens is 5. The molecule has 0 bridgehead atoms. The Kier molecular flexibility index (Phi) is 4.89. The number of hydrogen-bond donors (Lipinski definition) is 2. The number of thiophene rings is 1. The van der Waals surface area contributed by atoms with Crippen LogP contribution in [0.1, 0.15) is 24.3 Å². The maximum atomic E-state index is 4.66. The average molecular weight is 462 g/mol. The van der Waals surface area contributed by atoms with Gasteiger partial charge in [-0.3, -0.25) is 15.1 Å². The minimum atomic E-state index is 0.896. The van der Waals surface area contributed by atoms with Crippen LogP contribution in [-0.2, 0) is 6.42 Å². The molecular formula is C28H23N5S. The van der Waals surface area contributed by atoms with Crippen LogP contribution < -0.4 is 0 Å². The highest BCUT2D eigenvalue weighted by Crippen LogP contribution is 2.38. The quantitative estimate of drug-likeness (QED) is 0.279. The number of benzene rings is 1. The topological polar surface area (TPSA) is 70.2 Å². The van der Waals surface area contributed by atoms with Crippen LogP contribution in [0.4, 0.5) is 0 Å². The van der Waals surface area contributed by atoms with E-state index in [1.807, 2.05) is 31.7 Å². The molecule has 0 amide bonds. The van der Waals surface area contributed by atoms with Crippen molar-refractivity contribution in [3.8, 4) is 33.0 Å². The van der Waals surface area contributed by atoms with E-state index in [0.29, 0.717) is 0 Å². The van der Waals surface area contributed by atoms with E-state index in [4.69, 9.17) is 0 Å². The van der Waals surface area contributed by atoms with Crippen molar-refractivity contribution in [2.75, 3.05) is 0 Å². The molecule has 0 saturated carbocycles. The third-order valence-corrected chi connectivity index (χ3v) is 7.47. The van der Waals surface area contributed by atoms with E-state index >= 15 is 0 Å². The van der Waals surface area contributed by atoms with E-state index in [-0.39, 0.29) is 0 Å². The van der Waals surface area contributed by atoms with Crippen LogP contribution in [-0.4, -0.2) is 25.1 Å². The second-order valence-electron chi connectivity index (χ2n) is 8.54. The van der Waals surface area contributed by atoms with Crippen molar-refractivity contribution in [1.29, 1.82) is 0 Å². The lowest BCUT2D eigenvalue weighted by atomic mass is 10.0. The van der Waals surface area contributed by atoms with Gasteiger partial charge in [0.15, 0.2) is 0 Å². The van der Waals surface area contributed by atoms with Crippen molar-refractivity contribution in [3.05, 3.63) is 84.3 Å². The molecule has 0 spiro atoms. The highest BCUT2D eigenvalue weighted by molar-refractivity contribution is 7.16. The number of allylic oxidation sites excluding steroid dienone is 1. The van der Waals surface area contributed by atoms with E-state index < -0.39 is 0 Å². The molecule has 5 heterocycles. The molecule has 0 aliphatic heterocycles. The minimum Gasteiger partial charge on any atom is -0.352 e. The Morgan fingerprint density at radius 3 is 2.62 bits per heavy atom. The highest BCUT2D eigenvalue weighted by atomic mass is 32.1. The number of pyridine rings is 2. The predicted octanol–water partition coefficient (Wildman–Crippen LogP) is 7.49. The highest BCUT2D eigenvalue weighted by Gasteiger charge is 2.15. The summed E-state index contributed by atoms with van der Waals surface area (Å²) in [7, 11) is 0. The predicted molar refractivity (Wildman–Crippen MR) is 142 cm³/mol. The molecule has 2 N–H and O–H groups in total. The van der Waals surface area contributed by atoms with Crippen LogP contribution in [0.15, 0.2) is 73.8 Å². The van der Waals surface area contributed by atoms with Gasteiger partial charge in [0, 0.05) is 50.2 Å². The summed E-state index contributed by atoms with van der Waals surface area (Å²) in [5, 5.41) is 10.0. The van der Waals surface area contributed by atoms with Gasteiger partial charge in [0.2, 0.25) is 0 Å². The standard InChI is InChI=1S/C28H23N5S/c1-4-17-9-19(13-29-12-17)18-5-6-23-21(10-18)28(33-32-23)24-11-20-22(14-30-15-25(20)31-24)27-8-7-26(34-27)16(2)3/h5-15,31H,2,4H2,1,3H3,(H,32,33). The Balaban J connectivity index is 1.47. The minimum absolute atomic E-state index is 0.896. The monoisotopic (exact) mass is 461 g/mol. The van der Waals surface area contributed by atoms with Gasteiger partial charge in [-0.1, -0.05) is 19.6 Å². The summed E-state index contributed by atoms with van der Waals surface area (Å²) in [5.74, 6) is 0. The van der Waals surface area contributed by atoms with E-state index in [1.165, 1.54) is 15.3 Å². The molecule has 0 saturated heterocycles. The molecule has 6 aromatic rings. The summed E-state index contributed by atoms with van der Waals surface area (Å²) < 4.78 is 0. The maximum absolute atomic E-state index is 4.66. The lowest BCUT2D eigenvalue weighted by molar-refractivity contribution is 1.10. The Morgan fingerprint density at radius 2 is 1.79 bits per heavy atom. The van der Waals surface area contributed by atoms with Gasteiger partial charge in [0.25, 0.3) is 0 Å². The number of hydrogen-bond acceptors (Lipinski definition) is 4. The van der Waals surface area contributed by atoms with E-state index in [2.05, 4.69) is 81.1 Å². The van der Waals surface area contributed by atoms with E-state index in [9.17, 15) is 0 Å². The second-order valence-corrected chi connectivity index (χ2v) is 9.63. The zero-order valence-electron chi connectivity index (χ0n) is 19.0. The van der Waals surface area contributed by atoms with Crippen LogP contribution in [0, 0.1) is 0 Å². The second kappa shape index (κ2) is 8.08. The molecule has 0 aliphatic carbocycles. The number of rotatable bonds is 5. The van der Waals surface area contributed by atoms with Gasteiger partial charge in [-0.25, -0.2) is 0 Å². The molecule has 1 aromatic carbocycles. The molecular weight excluding hydrogens is 438 g/mol. The van der Waals surface area contributed by atoms with Crippen molar-refractivity contribution in [2.24, 2.45) is 0 Å². The smallest absolute Gasteiger partial charge is 0.116 e. The van der Waals surface area contributed by atoms with Crippen LogP contribution in [0.2, 0.25) is 0 Å². The van der Waals surface area contributed by atoms with Gasteiger partial charge >= 0.3 is 0 Å². The number of H-pyrrole nitrogens is 2. The number of nitrogens with zero attached hydrogens (tertiary/aromatic N) is 3. The molecule has 0 atom stereocenters. The summed E-state index contributed by atoms with van der Waals surface area (Å²) >= 11 is 1.74. The molecule has 0 unspecified atom stereocenters. The van der Waals surface area contributed by atoms with Gasteiger partial charge in [-0.05, 0) is 66.4 Å². The fourth-order valence-corrected chi connectivity index (χ4v) is 5.28.